The molecule has 0 aliphatic heterocycles. The van der Waals surface area contributed by atoms with Gasteiger partial charge in [-0.15, -0.1) is 0 Å². The van der Waals surface area contributed by atoms with Gasteiger partial charge >= 0.3 is 0 Å². The van der Waals surface area contributed by atoms with E-state index in [1.165, 1.54) is 6.07 Å². The third-order valence-corrected chi connectivity index (χ3v) is 2.93. The number of rotatable bonds is 5. The Labute approximate surface area is 105 Å². The second-order valence-corrected chi connectivity index (χ2v) is 4.25. The molecule has 2 rings (SSSR count). The van der Waals surface area contributed by atoms with E-state index in [0.717, 1.165) is 5.69 Å². The average Bonchev–Trinajstić information content (AvgIpc) is 2.75. The highest BCUT2D eigenvalue weighted by atomic mass is 19.1. The number of ketones is 1. The fraction of sp³-hybridized carbons (Fsp3) is 0.286. The van der Waals surface area contributed by atoms with Gasteiger partial charge in [-0.3, -0.25) is 9.48 Å². The van der Waals surface area contributed by atoms with Gasteiger partial charge in [0.15, 0.2) is 0 Å². The number of aryl methyl sites for hydroxylation is 2. The second kappa shape index (κ2) is 5.58. The number of nitrogens with zero attached hydrogens (tertiary/aromatic N) is 2. The fourth-order valence-electron chi connectivity index (χ4n) is 1.86. The van der Waals surface area contributed by atoms with Crippen molar-refractivity contribution in [1.29, 1.82) is 0 Å². The summed E-state index contributed by atoms with van der Waals surface area (Å²) < 4.78 is 15.1. The van der Waals surface area contributed by atoms with Crippen molar-refractivity contribution >= 4 is 5.78 Å². The van der Waals surface area contributed by atoms with Crippen LogP contribution in [0.2, 0.25) is 0 Å². The van der Waals surface area contributed by atoms with Crippen molar-refractivity contribution in [2.75, 3.05) is 0 Å². The molecule has 94 valence electrons. The van der Waals surface area contributed by atoms with Crippen LogP contribution in [0.5, 0.6) is 0 Å². The molecule has 0 aliphatic carbocycles. The summed E-state index contributed by atoms with van der Waals surface area (Å²) in [7, 11) is 1.84. The van der Waals surface area contributed by atoms with Gasteiger partial charge in [-0.1, -0.05) is 18.2 Å². The van der Waals surface area contributed by atoms with E-state index < -0.39 is 0 Å². The first-order valence-corrected chi connectivity index (χ1v) is 5.89. The molecular weight excluding hydrogens is 231 g/mol. The minimum absolute atomic E-state index is 0.0429. The molecule has 1 heterocycles. The van der Waals surface area contributed by atoms with Crippen LogP contribution in [0.4, 0.5) is 4.39 Å². The predicted octanol–water partition coefficient (Wildman–Crippen LogP) is 2.30. The van der Waals surface area contributed by atoms with Crippen LogP contribution in [0.1, 0.15) is 17.7 Å². The number of benzene rings is 1. The normalized spacial score (nSPS) is 10.6. The Morgan fingerprint density at radius 2 is 2.11 bits per heavy atom. The van der Waals surface area contributed by atoms with Crippen LogP contribution in [-0.4, -0.2) is 15.6 Å². The zero-order valence-corrected chi connectivity index (χ0v) is 10.3. The summed E-state index contributed by atoms with van der Waals surface area (Å²) in [6, 6.07) is 8.28. The molecule has 0 amide bonds. The molecule has 0 N–H and O–H groups in total. The first-order valence-electron chi connectivity index (χ1n) is 5.89. The molecule has 0 atom stereocenters. The van der Waals surface area contributed by atoms with E-state index in [-0.39, 0.29) is 18.0 Å². The quantitative estimate of drug-likeness (QED) is 0.811. The summed E-state index contributed by atoms with van der Waals surface area (Å²) in [6.45, 7) is 0. The molecule has 1 aromatic carbocycles. The van der Waals surface area contributed by atoms with Crippen LogP contribution in [0.25, 0.3) is 0 Å². The van der Waals surface area contributed by atoms with Crippen LogP contribution in [-0.2, 0) is 24.7 Å². The zero-order valence-electron chi connectivity index (χ0n) is 10.3. The summed E-state index contributed by atoms with van der Waals surface area (Å²) in [5, 5.41) is 4.04. The highest BCUT2D eigenvalue weighted by Gasteiger charge is 2.09. The molecule has 1 aromatic heterocycles. The van der Waals surface area contributed by atoms with E-state index in [1.807, 2.05) is 13.1 Å². The summed E-state index contributed by atoms with van der Waals surface area (Å²) in [6.07, 6.45) is 2.92. The Kier molecular flexibility index (Phi) is 3.87. The summed E-state index contributed by atoms with van der Waals surface area (Å²) >= 11 is 0. The van der Waals surface area contributed by atoms with Crippen molar-refractivity contribution in [3.05, 3.63) is 53.6 Å². The van der Waals surface area contributed by atoms with Crippen LogP contribution in [0, 0.1) is 5.82 Å². The molecular formula is C14H15FN2O. The van der Waals surface area contributed by atoms with Crippen molar-refractivity contribution < 1.29 is 9.18 Å². The van der Waals surface area contributed by atoms with Crippen LogP contribution < -0.4 is 0 Å². The lowest BCUT2D eigenvalue weighted by molar-refractivity contribution is -0.118. The van der Waals surface area contributed by atoms with E-state index in [0.29, 0.717) is 18.4 Å². The van der Waals surface area contributed by atoms with Crippen LogP contribution in [0.3, 0.4) is 0 Å². The minimum Gasteiger partial charge on any atom is -0.299 e. The van der Waals surface area contributed by atoms with Crippen molar-refractivity contribution in [3.63, 3.8) is 0 Å². The third kappa shape index (κ3) is 3.03. The molecule has 0 bridgehead atoms. The number of hydrogen-bond acceptors (Lipinski definition) is 2. The van der Waals surface area contributed by atoms with Gasteiger partial charge in [0.2, 0.25) is 0 Å². The van der Waals surface area contributed by atoms with Gasteiger partial charge in [0, 0.05) is 31.8 Å². The van der Waals surface area contributed by atoms with Crippen LogP contribution >= 0.6 is 0 Å². The largest absolute Gasteiger partial charge is 0.299 e. The molecule has 0 radical (unpaired) electrons. The Bertz CT molecular complexity index is 548. The molecule has 0 aliphatic rings. The highest BCUT2D eigenvalue weighted by molar-refractivity contribution is 5.81. The Hall–Kier alpha value is -1.97. The standard InChI is InChI=1S/C14H15FN2O/c1-17-12(8-9-16-17)6-7-13(18)10-11-4-2-3-5-14(11)15/h2-5,8-9H,6-7,10H2,1H3. The maximum atomic E-state index is 13.4. The number of hydrogen-bond donors (Lipinski definition) is 0. The van der Waals surface area contributed by atoms with Gasteiger partial charge < -0.3 is 0 Å². The molecule has 0 spiro atoms. The number of carbonyl (C=O) groups is 1. The smallest absolute Gasteiger partial charge is 0.137 e. The molecule has 4 heteroatoms. The lowest BCUT2D eigenvalue weighted by Gasteiger charge is -2.03. The van der Waals surface area contributed by atoms with E-state index >= 15 is 0 Å². The molecule has 0 unspecified atom stereocenters. The Balaban J connectivity index is 1.90. The number of Topliss-reactive ketones (excluding diaryl/α,β-unsaturated/α-hetero) is 1. The maximum Gasteiger partial charge on any atom is 0.137 e. The summed E-state index contributed by atoms with van der Waals surface area (Å²) in [4.78, 5) is 11.8. The van der Waals surface area contributed by atoms with E-state index in [4.69, 9.17) is 0 Å². The van der Waals surface area contributed by atoms with E-state index in [2.05, 4.69) is 5.10 Å². The molecule has 0 saturated heterocycles. The summed E-state index contributed by atoms with van der Waals surface area (Å²) in [5.41, 5.74) is 1.48. The predicted molar refractivity (Wildman–Crippen MR) is 66.6 cm³/mol. The monoisotopic (exact) mass is 246 g/mol. The molecule has 18 heavy (non-hydrogen) atoms. The number of halogens is 1. The van der Waals surface area contributed by atoms with Gasteiger partial charge in [-0.25, -0.2) is 4.39 Å². The lowest BCUT2D eigenvalue weighted by atomic mass is 10.0. The molecule has 3 nitrogen and oxygen atoms in total. The van der Waals surface area contributed by atoms with Gasteiger partial charge in [0.05, 0.1) is 0 Å². The summed E-state index contributed by atoms with van der Waals surface area (Å²) in [5.74, 6) is -0.271. The second-order valence-electron chi connectivity index (χ2n) is 4.25. The highest BCUT2D eigenvalue weighted by Crippen LogP contribution is 2.09. The first kappa shape index (κ1) is 12.5. The van der Waals surface area contributed by atoms with Crippen molar-refractivity contribution in [2.45, 2.75) is 19.3 Å². The molecule has 2 aromatic rings. The van der Waals surface area contributed by atoms with Gasteiger partial charge in [0.1, 0.15) is 11.6 Å². The lowest BCUT2D eigenvalue weighted by Crippen LogP contribution is -2.07. The van der Waals surface area contributed by atoms with E-state index in [9.17, 15) is 9.18 Å². The van der Waals surface area contributed by atoms with Gasteiger partial charge in [-0.2, -0.15) is 5.10 Å². The zero-order chi connectivity index (χ0) is 13.0. The van der Waals surface area contributed by atoms with Crippen molar-refractivity contribution in [3.8, 4) is 0 Å². The molecule has 0 saturated carbocycles. The van der Waals surface area contributed by atoms with Crippen molar-refractivity contribution in [1.82, 2.24) is 9.78 Å². The Morgan fingerprint density at radius 1 is 1.33 bits per heavy atom. The minimum atomic E-state index is -0.314. The third-order valence-electron chi connectivity index (χ3n) is 2.93. The number of aromatic nitrogens is 2. The van der Waals surface area contributed by atoms with Gasteiger partial charge in [0.25, 0.3) is 0 Å². The van der Waals surface area contributed by atoms with Crippen LogP contribution in [0.15, 0.2) is 36.5 Å². The average molecular weight is 246 g/mol. The first-order chi connectivity index (χ1) is 8.66. The van der Waals surface area contributed by atoms with Crippen molar-refractivity contribution in [2.24, 2.45) is 7.05 Å². The fourth-order valence-corrected chi connectivity index (χ4v) is 1.86. The maximum absolute atomic E-state index is 13.4. The molecule has 0 fully saturated rings. The SMILES string of the molecule is Cn1nccc1CCC(=O)Cc1ccccc1F. The Morgan fingerprint density at radius 3 is 2.78 bits per heavy atom. The number of carbonyl (C=O) groups excluding carboxylic acids is 1. The van der Waals surface area contributed by atoms with E-state index in [1.54, 1.807) is 29.1 Å². The topological polar surface area (TPSA) is 34.9 Å². The van der Waals surface area contributed by atoms with Gasteiger partial charge in [-0.05, 0) is 24.1 Å².